The van der Waals surface area contributed by atoms with Gasteiger partial charge in [0.15, 0.2) is 5.96 Å². The van der Waals surface area contributed by atoms with E-state index >= 15 is 0 Å². The molecule has 6 nitrogen and oxygen atoms in total. The SMILES string of the molecule is CCNC(=NCC(=O)N(C)C)NCC1(CCOCC)CC1.I. The Morgan fingerprint density at radius 2 is 1.95 bits per heavy atom. The molecule has 1 aliphatic rings. The number of carbonyl (C=O) groups excluding carboxylic acids is 1. The van der Waals surface area contributed by atoms with E-state index in [9.17, 15) is 4.79 Å². The summed E-state index contributed by atoms with van der Waals surface area (Å²) >= 11 is 0. The summed E-state index contributed by atoms with van der Waals surface area (Å²) in [6.07, 6.45) is 3.57. The maximum absolute atomic E-state index is 11.6. The van der Waals surface area contributed by atoms with Gasteiger partial charge in [0.05, 0.1) is 0 Å². The summed E-state index contributed by atoms with van der Waals surface area (Å²) in [5.41, 5.74) is 0.358. The Hall–Kier alpha value is -0.570. The van der Waals surface area contributed by atoms with Crippen molar-refractivity contribution in [3.05, 3.63) is 0 Å². The number of carbonyl (C=O) groups is 1. The predicted molar refractivity (Wildman–Crippen MR) is 101 cm³/mol. The third kappa shape index (κ3) is 8.17. The van der Waals surface area contributed by atoms with Crippen molar-refractivity contribution in [3.63, 3.8) is 0 Å². The molecule has 1 fully saturated rings. The Morgan fingerprint density at radius 1 is 1.27 bits per heavy atom. The van der Waals surface area contributed by atoms with Crippen LogP contribution in [0.4, 0.5) is 0 Å². The summed E-state index contributed by atoms with van der Waals surface area (Å²) in [5.74, 6) is 0.722. The second kappa shape index (κ2) is 11.0. The van der Waals surface area contributed by atoms with Crippen LogP contribution in [0.15, 0.2) is 4.99 Å². The number of rotatable bonds is 9. The van der Waals surface area contributed by atoms with Crippen LogP contribution < -0.4 is 10.6 Å². The van der Waals surface area contributed by atoms with Gasteiger partial charge in [-0.25, -0.2) is 4.99 Å². The molecule has 7 heteroatoms. The van der Waals surface area contributed by atoms with E-state index in [1.807, 2.05) is 13.8 Å². The van der Waals surface area contributed by atoms with Gasteiger partial charge in [0, 0.05) is 40.4 Å². The lowest BCUT2D eigenvalue weighted by molar-refractivity contribution is -0.127. The normalized spacial score (nSPS) is 15.7. The van der Waals surface area contributed by atoms with Crippen LogP contribution in [0.1, 0.15) is 33.1 Å². The molecule has 0 atom stereocenters. The van der Waals surface area contributed by atoms with Crippen LogP contribution in [0.5, 0.6) is 0 Å². The minimum Gasteiger partial charge on any atom is -0.382 e. The predicted octanol–water partition coefficient (Wildman–Crippen LogP) is 1.45. The van der Waals surface area contributed by atoms with Gasteiger partial charge in [0.2, 0.25) is 5.91 Å². The van der Waals surface area contributed by atoms with E-state index in [0.717, 1.165) is 38.7 Å². The molecule has 0 bridgehead atoms. The van der Waals surface area contributed by atoms with E-state index in [1.165, 1.54) is 12.8 Å². The molecule has 1 aliphatic carbocycles. The van der Waals surface area contributed by atoms with Gasteiger partial charge in [-0.05, 0) is 38.5 Å². The van der Waals surface area contributed by atoms with Crippen LogP contribution in [0, 0.1) is 5.41 Å². The molecule has 1 amide bonds. The van der Waals surface area contributed by atoms with Gasteiger partial charge < -0.3 is 20.3 Å². The van der Waals surface area contributed by atoms with E-state index in [4.69, 9.17) is 4.74 Å². The van der Waals surface area contributed by atoms with Crippen LogP contribution in [0.3, 0.4) is 0 Å². The van der Waals surface area contributed by atoms with Gasteiger partial charge in [-0.3, -0.25) is 4.79 Å². The number of hydrogen-bond acceptors (Lipinski definition) is 3. The van der Waals surface area contributed by atoms with Crippen molar-refractivity contribution in [2.75, 3.05) is 46.9 Å². The molecule has 0 aromatic carbocycles. The molecular weight excluding hydrogens is 395 g/mol. The standard InChI is InChI=1S/C15H30N4O2.HI/c1-5-16-14(17-11-13(20)19(3)4)18-12-15(7-8-15)9-10-21-6-2;/h5-12H2,1-4H3,(H2,16,17,18);1H. The van der Waals surface area contributed by atoms with Crippen molar-refractivity contribution in [3.8, 4) is 0 Å². The summed E-state index contributed by atoms with van der Waals surface area (Å²) in [6.45, 7) is 7.50. The molecule has 2 N–H and O–H groups in total. The molecule has 0 aliphatic heterocycles. The fourth-order valence-corrected chi connectivity index (χ4v) is 2.03. The number of halogens is 1. The number of nitrogens with zero attached hydrogens (tertiary/aromatic N) is 2. The first kappa shape index (κ1) is 21.4. The quantitative estimate of drug-likeness (QED) is 0.254. The van der Waals surface area contributed by atoms with Crippen molar-refractivity contribution in [1.82, 2.24) is 15.5 Å². The van der Waals surface area contributed by atoms with Crippen LogP contribution in [-0.4, -0.2) is 63.7 Å². The van der Waals surface area contributed by atoms with E-state index in [0.29, 0.717) is 5.41 Å². The monoisotopic (exact) mass is 426 g/mol. The van der Waals surface area contributed by atoms with Crippen LogP contribution in [0.25, 0.3) is 0 Å². The first-order valence-electron chi connectivity index (χ1n) is 7.83. The van der Waals surface area contributed by atoms with Crippen molar-refractivity contribution < 1.29 is 9.53 Å². The molecule has 1 rings (SSSR count). The average Bonchev–Trinajstić information content (AvgIpc) is 3.22. The second-order valence-corrected chi connectivity index (χ2v) is 5.78. The van der Waals surface area contributed by atoms with Crippen LogP contribution in [0.2, 0.25) is 0 Å². The largest absolute Gasteiger partial charge is 0.382 e. The van der Waals surface area contributed by atoms with Gasteiger partial charge in [-0.15, -0.1) is 24.0 Å². The van der Waals surface area contributed by atoms with Gasteiger partial charge in [0.1, 0.15) is 6.54 Å². The first-order chi connectivity index (χ1) is 10.0. The van der Waals surface area contributed by atoms with Gasteiger partial charge >= 0.3 is 0 Å². The Balaban J connectivity index is 0.00000441. The minimum absolute atomic E-state index is 0. The number of amides is 1. The third-order valence-electron chi connectivity index (χ3n) is 3.78. The molecule has 22 heavy (non-hydrogen) atoms. The molecule has 0 radical (unpaired) electrons. The fraction of sp³-hybridized carbons (Fsp3) is 0.867. The summed E-state index contributed by atoms with van der Waals surface area (Å²) in [4.78, 5) is 17.5. The zero-order chi connectivity index (χ0) is 15.7. The molecular formula is C15H31IN4O2. The highest BCUT2D eigenvalue weighted by Crippen LogP contribution is 2.48. The summed E-state index contributed by atoms with van der Waals surface area (Å²) in [6, 6.07) is 0. The summed E-state index contributed by atoms with van der Waals surface area (Å²) < 4.78 is 5.45. The topological polar surface area (TPSA) is 66.0 Å². The molecule has 0 spiro atoms. The number of aliphatic imine (C=N–C) groups is 1. The highest BCUT2D eigenvalue weighted by Gasteiger charge is 2.41. The summed E-state index contributed by atoms with van der Waals surface area (Å²) in [5, 5.41) is 6.54. The first-order valence-corrected chi connectivity index (χ1v) is 7.83. The van der Waals surface area contributed by atoms with E-state index in [2.05, 4.69) is 15.6 Å². The van der Waals surface area contributed by atoms with Crippen molar-refractivity contribution in [2.24, 2.45) is 10.4 Å². The second-order valence-electron chi connectivity index (χ2n) is 5.78. The molecule has 0 aromatic rings. The van der Waals surface area contributed by atoms with Crippen LogP contribution >= 0.6 is 24.0 Å². The summed E-state index contributed by atoms with van der Waals surface area (Å²) in [7, 11) is 3.48. The minimum atomic E-state index is 0. The molecule has 0 saturated heterocycles. The Morgan fingerprint density at radius 3 is 2.45 bits per heavy atom. The van der Waals surface area contributed by atoms with E-state index < -0.39 is 0 Å². The zero-order valence-corrected chi connectivity index (χ0v) is 16.6. The fourth-order valence-electron chi connectivity index (χ4n) is 2.03. The molecule has 130 valence electrons. The van der Waals surface area contributed by atoms with Crippen molar-refractivity contribution in [2.45, 2.75) is 33.1 Å². The van der Waals surface area contributed by atoms with Crippen molar-refractivity contribution in [1.29, 1.82) is 0 Å². The smallest absolute Gasteiger partial charge is 0.243 e. The van der Waals surface area contributed by atoms with Crippen molar-refractivity contribution >= 4 is 35.8 Å². The van der Waals surface area contributed by atoms with Gasteiger partial charge in [0.25, 0.3) is 0 Å². The number of guanidine groups is 1. The Labute approximate surface area is 151 Å². The Bertz CT molecular complexity index is 357. The lowest BCUT2D eigenvalue weighted by Crippen LogP contribution is -2.41. The Kier molecular flexibility index (Phi) is 10.8. The number of likely N-dealkylation sites (N-methyl/N-ethyl adjacent to an activating group) is 1. The average molecular weight is 426 g/mol. The van der Waals surface area contributed by atoms with Gasteiger partial charge in [-0.1, -0.05) is 0 Å². The third-order valence-corrected chi connectivity index (χ3v) is 3.78. The van der Waals surface area contributed by atoms with E-state index in [1.54, 1.807) is 19.0 Å². The molecule has 0 aromatic heterocycles. The number of hydrogen-bond donors (Lipinski definition) is 2. The zero-order valence-electron chi connectivity index (χ0n) is 14.3. The highest BCUT2D eigenvalue weighted by molar-refractivity contribution is 14.0. The molecule has 0 unspecified atom stereocenters. The van der Waals surface area contributed by atoms with E-state index in [-0.39, 0.29) is 36.4 Å². The highest BCUT2D eigenvalue weighted by atomic mass is 127. The maximum Gasteiger partial charge on any atom is 0.243 e. The molecule has 1 saturated carbocycles. The maximum atomic E-state index is 11.6. The van der Waals surface area contributed by atoms with Gasteiger partial charge in [-0.2, -0.15) is 0 Å². The molecule has 0 heterocycles. The lowest BCUT2D eigenvalue weighted by Gasteiger charge is -2.18. The number of nitrogens with one attached hydrogen (secondary N) is 2. The lowest BCUT2D eigenvalue weighted by atomic mass is 10.0. The number of ether oxygens (including phenoxy) is 1. The van der Waals surface area contributed by atoms with Crippen LogP contribution in [-0.2, 0) is 9.53 Å².